The van der Waals surface area contributed by atoms with Crippen molar-refractivity contribution in [3.63, 3.8) is 0 Å². The second-order valence-corrected chi connectivity index (χ2v) is 8.33. The number of anilines is 1. The Bertz CT molecular complexity index is 1340. The Balaban J connectivity index is 1.68. The number of halogens is 1. The predicted molar refractivity (Wildman–Crippen MR) is 130 cm³/mol. The standard InChI is InChI=1S/C26H21ClN2O7/c1-35-21-7-3-5-16(22(21)36-14-15-4-2-6-17(12-15)25(32)33)13-20-23(30)28-26(34)29(24(20)31)19-10-8-18(27)9-11-19/h2,4,6-13H,3,5,14H2,1H3,(H,32,33)(H,28,30,34)/b20-13+. The van der Waals surface area contributed by atoms with Crippen molar-refractivity contribution in [3.8, 4) is 0 Å². The van der Waals surface area contributed by atoms with Crippen molar-refractivity contribution in [2.24, 2.45) is 0 Å². The highest BCUT2D eigenvalue weighted by Gasteiger charge is 2.37. The van der Waals surface area contributed by atoms with E-state index in [2.05, 4.69) is 5.32 Å². The van der Waals surface area contributed by atoms with Gasteiger partial charge in [0.1, 0.15) is 12.2 Å². The summed E-state index contributed by atoms with van der Waals surface area (Å²) >= 11 is 5.91. The largest absolute Gasteiger partial charge is 0.493 e. The van der Waals surface area contributed by atoms with Gasteiger partial charge in [0.05, 0.1) is 18.4 Å². The van der Waals surface area contributed by atoms with E-state index < -0.39 is 23.8 Å². The van der Waals surface area contributed by atoms with Crippen molar-refractivity contribution >= 4 is 41.1 Å². The maximum absolute atomic E-state index is 13.2. The molecule has 36 heavy (non-hydrogen) atoms. The van der Waals surface area contributed by atoms with Crippen molar-refractivity contribution in [2.75, 3.05) is 12.0 Å². The molecule has 0 bridgehead atoms. The molecule has 1 aliphatic heterocycles. The third kappa shape index (κ3) is 5.16. The number of barbiturate groups is 1. The Morgan fingerprint density at radius 1 is 1.17 bits per heavy atom. The van der Waals surface area contributed by atoms with E-state index in [0.29, 0.717) is 40.5 Å². The lowest BCUT2D eigenvalue weighted by atomic mass is 9.98. The number of carboxylic acid groups (broad SMARTS) is 1. The topological polar surface area (TPSA) is 122 Å². The van der Waals surface area contributed by atoms with Gasteiger partial charge in [-0.05, 0) is 72.5 Å². The molecule has 2 aromatic carbocycles. The van der Waals surface area contributed by atoms with E-state index in [1.165, 1.54) is 49.6 Å². The van der Waals surface area contributed by atoms with Crippen LogP contribution >= 0.6 is 11.6 Å². The monoisotopic (exact) mass is 508 g/mol. The fourth-order valence-electron chi connectivity index (χ4n) is 3.81. The van der Waals surface area contributed by atoms with Crippen molar-refractivity contribution in [3.05, 3.63) is 99.5 Å². The molecule has 0 atom stereocenters. The minimum absolute atomic E-state index is 0.0271. The van der Waals surface area contributed by atoms with E-state index in [-0.39, 0.29) is 23.4 Å². The minimum Gasteiger partial charge on any atom is -0.493 e. The van der Waals surface area contributed by atoms with Crippen molar-refractivity contribution < 1.29 is 33.8 Å². The van der Waals surface area contributed by atoms with E-state index in [9.17, 15) is 24.3 Å². The van der Waals surface area contributed by atoms with Crippen LogP contribution in [0.1, 0.15) is 28.8 Å². The number of carbonyl (C=O) groups is 4. The van der Waals surface area contributed by atoms with Gasteiger partial charge in [-0.15, -0.1) is 0 Å². The summed E-state index contributed by atoms with van der Waals surface area (Å²) in [5, 5.41) is 11.8. The number of amides is 4. The molecule has 9 nitrogen and oxygen atoms in total. The fourth-order valence-corrected chi connectivity index (χ4v) is 3.93. The molecule has 0 unspecified atom stereocenters. The van der Waals surface area contributed by atoms with E-state index >= 15 is 0 Å². The molecule has 4 rings (SSSR count). The number of aromatic carboxylic acids is 1. The molecular weight excluding hydrogens is 488 g/mol. The Hall–Kier alpha value is -4.37. The molecule has 2 aliphatic rings. The van der Waals surface area contributed by atoms with Crippen LogP contribution in [0.4, 0.5) is 10.5 Å². The zero-order chi connectivity index (χ0) is 25.8. The summed E-state index contributed by atoms with van der Waals surface area (Å²) < 4.78 is 11.4. The van der Waals surface area contributed by atoms with Crippen molar-refractivity contribution in [1.29, 1.82) is 0 Å². The normalized spacial score (nSPS) is 17.2. The van der Waals surface area contributed by atoms with Crippen LogP contribution in [0.25, 0.3) is 0 Å². The lowest BCUT2D eigenvalue weighted by Crippen LogP contribution is -2.54. The number of nitrogens with one attached hydrogen (secondary N) is 1. The van der Waals surface area contributed by atoms with Crippen LogP contribution in [0.2, 0.25) is 5.02 Å². The number of benzene rings is 2. The average Bonchev–Trinajstić information content (AvgIpc) is 2.86. The van der Waals surface area contributed by atoms with Gasteiger partial charge in [-0.2, -0.15) is 0 Å². The van der Waals surface area contributed by atoms with Gasteiger partial charge in [0.25, 0.3) is 11.8 Å². The van der Waals surface area contributed by atoms with Gasteiger partial charge >= 0.3 is 12.0 Å². The number of rotatable bonds is 7. The maximum atomic E-state index is 13.2. The Kier molecular flexibility index (Phi) is 7.21. The number of hydrogen-bond acceptors (Lipinski definition) is 6. The molecule has 0 aromatic heterocycles. The number of imide groups is 2. The molecular formula is C26H21ClN2O7. The molecule has 4 amide bonds. The Morgan fingerprint density at radius 2 is 1.92 bits per heavy atom. The molecule has 2 aromatic rings. The number of ether oxygens (including phenoxy) is 2. The van der Waals surface area contributed by atoms with Gasteiger partial charge in [0, 0.05) is 5.02 Å². The van der Waals surface area contributed by atoms with Crippen molar-refractivity contribution in [1.82, 2.24) is 5.32 Å². The molecule has 0 saturated carbocycles. The highest BCUT2D eigenvalue weighted by Crippen LogP contribution is 2.31. The number of nitrogens with zero attached hydrogens (tertiary/aromatic N) is 1. The van der Waals surface area contributed by atoms with E-state index in [4.69, 9.17) is 21.1 Å². The summed E-state index contributed by atoms with van der Waals surface area (Å²) in [5.74, 6) is -1.95. The molecule has 1 heterocycles. The van der Waals surface area contributed by atoms with Crippen molar-refractivity contribution in [2.45, 2.75) is 19.4 Å². The highest BCUT2D eigenvalue weighted by atomic mass is 35.5. The van der Waals surface area contributed by atoms with Crippen LogP contribution in [-0.4, -0.2) is 36.0 Å². The van der Waals surface area contributed by atoms with Crippen LogP contribution in [0, 0.1) is 0 Å². The number of urea groups is 1. The first-order valence-corrected chi connectivity index (χ1v) is 11.3. The minimum atomic E-state index is -1.06. The van der Waals surface area contributed by atoms with Gasteiger partial charge in [0.15, 0.2) is 11.5 Å². The molecule has 10 heteroatoms. The second-order valence-electron chi connectivity index (χ2n) is 7.89. The van der Waals surface area contributed by atoms with Crippen LogP contribution in [0.15, 0.2) is 83.3 Å². The summed E-state index contributed by atoms with van der Waals surface area (Å²) in [4.78, 5) is 50.4. The number of carbonyl (C=O) groups excluding carboxylic acids is 3. The molecule has 1 fully saturated rings. The summed E-state index contributed by atoms with van der Waals surface area (Å²) in [5.41, 5.74) is 1.26. The van der Waals surface area contributed by atoms with Gasteiger partial charge in [0.2, 0.25) is 0 Å². The predicted octanol–water partition coefficient (Wildman–Crippen LogP) is 4.34. The smallest absolute Gasteiger partial charge is 0.335 e. The number of hydrogen-bond donors (Lipinski definition) is 2. The van der Waals surface area contributed by atoms with Gasteiger partial charge < -0.3 is 14.6 Å². The van der Waals surface area contributed by atoms with Crippen LogP contribution < -0.4 is 10.2 Å². The zero-order valence-corrected chi connectivity index (χ0v) is 19.9. The number of allylic oxidation sites excluding steroid dienone is 3. The third-order valence-corrected chi connectivity index (χ3v) is 5.79. The lowest BCUT2D eigenvalue weighted by Gasteiger charge is -2.27. The highest BCUT2D eigenvalue weighted by molar-refractivity contribution is 6.38. The average molecular weight is 509 g/mol. The second kappa shape index (κ2) is 10.5. The first-order chi connectivity index (χ1) is 17.3. The van der Waals surface area contributed by atoms with Gasteiger partial charge in [-0.1, -0.05) is 23.7 Å². The number of carboxylic acids is 1. The molecule has 1 aliphatic carbocycles. The van der Waals surface area contributed by atoms with E-state index in [1.54, 1.807) is 12.1 Å². The number of methoxy groups -OCH3 is 1. The van der Waals surface area contributed by atoms with E-state index in [0.717, 1.165) is 4.90 Å². The Labute approximate surface area is 211 Å². The summed E-state index contributed by atoms with van der Waals surface area (Å²) in [6.45, 7) is 0.0271. The summed E-state index contributed by atoms with van der Waals surface area (Å²) in [6.07, 6.45) is 4.22. The third-order valence-electron chi connectivity index (χ3n) is 5.54. The molecule has 0 spiro atoms. The van der Waals surface area contributed by atoms with Gasteiger partial charge in [-0.25, -0.2) is 14.5 Å². The Morgan fingerprint density at radius 3 is 2.61 bits per heavy atom. The van der Waals surface area contributed by atoms with Crippen LogP contribution in [0.5, 0.6) is 0 Å². The molecule has 0 radical (unpaired) electrons. The van der Waals surface area contributed by atoms with Gasteiger partial charge in [-0.3, -0.25) is 14.9 Å². The van der Waals surface area contributed by atoms with Crippen LogP contribution in [-0.2, 0) is 25.7 Å². The molecule has 184 valence electrons. The first-order valence-electron chi connectivity index (χ1n) is 10.9. The lowest BCUT2D eigenvalue weighted by molar-refractivity contribution is -0.122. The van der Waals surface area contributed by atoms with E-state index in [1.807, 2.05) is 6.08 Å². The zero-order valence-electron chi connectivity index (χ0n) is 19.1. The SMILES string of the molecule is COC1=CCCC(/C=C2\C(=O)NC(=O)N(c3ccc(Cl)cc3)C2=O)=C1OCc1cccc(C(=O)O)c1. The summed E-state index contributed by atoms with van der Waals surface area (Å²) in [6, 6.07) is 11.5. The fraction of sp³-hybridized carbons (Fsp3) is 0.154. The quantitative estimate of drug-likeness (QED) is 0.421. The summed E-state index contributed by atoms with van der Waals surface area (Å²) in [7, 11) is 1.47. The molecule has 2 N–H and O–H groups in total. The maximum Gasteiger partial charge on any atom is 0.335 e. The van der Waals surface area contributed by atoms with Crippen LogP contribution in [0.3, 0.4) is 0 Å². The molecule has 1 saturated heterocycles. The first kappa shape index (κ1) is 24.7.